The number of ether oxygens (including phenoxy) is 1. The molecule has 0 atom stereocenters. The van der Waals surface area contributed by atoms with Crippen molar-refractivity contribution in [2.24, 2.45) is 13.0 Å². The lowest BCUT2D eigenvalue weighted by atomic mass is 9.87. The summed E-state index contributed by atoms with van der Waals surface area (Å²) < 4.78 is 38.3. The number of benzene rings is 1. The van der Waals surface area contributed by atoms with Gasteiger partial charge in [0.1, 0.15) is 0 Å². The molecule has 220 valence electrons. The van der Waals surface area contributed by atoms with E-state index in [2.05, 4.69) is 20.0 Å². The molecule has 1 fully saturated rings. The number of nitrogens with one attached hydrogen (secondary N) is 1. The number of anilines is 2. The molecular weight excluding hydrogens is 528 g/mol. The number of aromatic nitrogens is 4. The normalized spacial score (nSPS) is 20.7. The van der Waals surface area contributed by atoms with Gasteiger partial charge in [-0.1, -0.05) is 0 Å². The third-order valence-corrected chi connectivity index (χ3v) is 9.05. The van der Waals surface area contributed by atoms with Gasteiger partial charge < -0.3 is 19.9 Å². The van der Waals surface area contributed by atoms with Gasteiger partial charge in [-0.05, 0) is 67.7 Å². The number of carbonyl (C=O) groups is 1. The van der Waals surface area contributed by atoms with E-state index in [1.807, 2.05) is 11.0 Å². The molecule has 2 aliphatic heterocycles. The zero-order valence-electron chi connectivity index (χ0n) is 24.1. The van der Waals surface area contributed by atoms with Crippen molar-refractivity contribution in [2.45, 2.75) is 70.6 Å². The van der Waals surface area contributed by atoms with Crippen LogP contribution in [0.15, 0.2) is 24.5 Å². The van der Waals surface area contributed by atoms with Gasteiger partial charge in [0.25, 0.3) is 6.43 Å². The summed E-state index contributed by atoms with van der Waals surface area (Å²) >= 11 is 0. The average molecular weight is 568 g/mol. The first-order chi connectivity index (χ1) is 19.9. The van der Waals surface area contributed by atoms with Crippen LogP contribution in [0.4, 0.5) is 25.1 Å². The molecule has 1 aromatic carbocycles. The van der Waals surface area contributed by atoms with E-state index in [1.54, 1.807) is 44.3 Å². The number of aryl methyl sites for hydroxylation is 2. The monoisotopic (exact) mass is 567 g/mol. The molecule has 6 rings (SSSR count). The Kier molecular flexibility index (Phi) is 7.72. The number of urea groups is 1. The molecule has 1 aliphatic carbocycles. The van der Waals surface area contributed by atoms with Crippen LogP contribution in [0.5, 0.6) is 0 Å². The molecule has 0 saturated heterocycles. The second-order valence-corrected chi connectivity index (χ2v) is 11.6. The van der Waals surface area contributed by atoms with Crippen molar-refractivity contribution >= 4 is 17.5 Å². The highest BCUT2D eigenvalue weighted by Crippen LogP contribution is 2.43. The van der Waals surface area contributed by atoms with Gasteiger partial charge in [0, 0.05) is 81.5 Å². The number of halogens is 2. The van der Waals surface area contributed by atoms with E-state index in [0.717, 1.165) is 73.4 Å². The maximum atomic E-state index is 14.5. The predicted molar refractivity (Wildman–Crippen MR) is 152 cm³/mol. The smallest absolute Gasteiger partial charge is 0.317 e. The van der Waals surface area contributed by atoms with Crippen LogP contribution in [0.3, 0.4) is 0 Å². The number of rotatable bonds is 6. The van der Waals surface area contributed by atoms with Gasteiger partial charge in [-0.3, -0.25) is 9.36 Å². The highest BCUT2D eigenvalue weighted by molar-refractivity contribution is 5.78. The Hall–Kier alpha value is -3.47. The summed E-state index contributed by atoms with van der Waals surface area (Å²) in [6.45, 7) is 2.57. The Labute approximate surface area is 239 Å². The minimum atomic E-state index is -2.63. The van der Waals surface area contributed by atoms with E-state index in [4.69, 9.17) is 9.84 Å². The van der Waals surface area contributed by atoms with E-state index in [1.165, 1.54) is 0 Å². The van der Waals surface area contributed by atoms with Crippen molar-refractivity contribution in [1.82, 2.24) is 29.8 Å². The van der Waals surface area contributed by atoms with Crippen LogP contribution in [0.2, 0.25) is 0 Å². The SMILES string of the molecule is CNC(=O)N1CCc2c(c(N3CCCc4cc(-c5cnn(C)c5)c(C(F)F)cc43)nn2CC2CCC(OC)CC2)C1. The molecular formula is C30H39F2N7O2. The summed E-state index contributed by atoms with van der Waals surface area (Å²) in [6, 6.07) is 3.44. The quantitative estimate of drug-likeness (QED) is 0.443. The van der Waals surface area contributed by atoms with Crippen LogP contribution in [-0.2, 0) is 37.7 Å². The Morgan fingerprint density at radius 3 is 2.66 bits per heavy atom. The number of carbonyl (C=O) groups excluding carboxylic acids is 1. The molecule has 0 radical (unpaired) electrons. The average Bonchev–Trinajstić information content (AvgIpc) is 3.59. The van der Waals surface area contributed by atoms with Gasteiger partial charge in [0.2, 0.25) is 0 Å². The van der Waals surface area contributed by atoms with Gasteiger partial charge in [-0.2, -0.15) is 10.2 Å². The van der Waals surface area contributed by atoms with Crippen LogP contribution in [-0.4, -0.2) is 63.8 Å². The van der Waals surface area contributed by atoms with E-state index in [9.17, 15) is 13.6 Å². The Balaban J connectivity index is 1.40. The second kappa shape index (κ2) is 11.4. The summed E-state index contributed by atoms with van der Waals surface area (Å²) in [6.07, 6.45) is 7.81. The van der Waals surface area contributed by atoms with Crippen molar-refractivity contribution in [2.75, 3.05) is 32.1 Å². The lowest BCUT2D eigenvalue weighted by Crippen LogP contribution is -2.42. The first kappa shape index (κ1) is 27.7. The van der Waals surface area contributed by atoms with Gasteiger partial charge in [-0.25, -0.2) is 13.6 Å². The summed E-state index contributed by atoms with van der Waals surface area (Å²) in [5, 5.41) is 12.1. The largest absolute Gasteiger partial charge is 0.381 e. The molecule has 3 aromatic rings. The van der Waals surface area contributed by atoms with Gasteiger partial charge >= 0.3 is 6.03 Å². The molecule has 1 N–H and O–H groups in total. The third-order valence-electron chi connectivity index (χ3n) is 9.05. The first-order valence-corrected chi connectivity index (χ1v) is 14.7. The molecule has 2 amide bonds. The van der Waals surface area contributed by atoms with Gasteiger partial charge in [0.05, 0.1) is 18.8 Å². The van der Waals surface area contributed by atoms with Crippen molar-refractivity contribution in [3.63, 3.8) is 0 Å². The van der Waals surface area contributed by atoms with E-state index in [-0.39, 0.29) is 11.6 Å². The van der Waals surface area contributed by atoms with Crippen molar-refractivity contribution in [3.05, 3.63) is 46.9 Å². The molecule has 1 saturated carbocycles. The first-order valence-electron chi connectivity index (χ1n) is 14.7. The number of fused-ring (bicyclic) bond motifs is 2. The number of nitrogens with zero attached hydrogens (tertiary/aromatic N) is 6. The highest BCUT2D eigenvalue weighted by Gasteiger charge is 2.33. The lowest BCUT2D eigenvalue weighted by Gasteiger charge is -2.33. The van der Waals surface area contributed by atoms with Crippen LogP contribution >= 0.6 is 0 Å². The summed E-state index contributed by atoms with van der Waals surface area (Å²) in [5.74, 6) is 1.30. The second-order valence-electron chi connectivity index (χ2n) is 11.6. The maximum absolute atomic E-state index is 14.5. The molecule has 4 heterocycles. The topological polar surface area (TPSA) is 80.5 Å². The van der Waals surface area contributed by atoms with E-state index in [0.29, 0.717) is 49.2 Å². The van der Waals surface area contributed by atoms with Crippen molar-refractivity contribution in [1.29, 1.82) is 0 Å². The summed E-state index contributed by atoms with van der Waals surface area (Å²) in [4.78, 5) is 16.5. The molecule has 0 bridgehead atoms. The fraction of sp³-hybridized carbons (Fsp3) is 0.567. The Bertz CT molecular complexity index is 1410. The van der Waals surface area contributed by atoms with Crippen LogP contribution in [0.25, 0.3) is 11.1 Å². The minimum Gasteiger partial charge on any atom is -0.381 e. The van der Waals surface area contributed by atoms with E-state index >= 15 is 0 Å². The van der Waals surface area contributed by atoms with Crippen LogP contribution in [0.1, 0.15) is 60.9 Å². The molecule has 11 heteroatoms. The molecule has 9 nitrogen and oxygen atoms in total. The van der Waals surface area contributed by atoms with Crippen LogP contribution < -0.4 is 10.2 Å². The fourth-order valence-electron chi connectivity index (χ4n) is 6.83. The molecule has 3 aliphatic rings. The number of alkyl halides is 2. The highest BCUT2D eigenvalue weighted by atomic mass is 19.3. The zero-order valence-corrected chi connectivity index (χ0v) is 24.1. The molecule has 0 spiro atoms. The summed E-state index contributed by atoms with van der Waals surface area (Å²) in [5.41, 5.74) is 5.20. The van der Waals surface area contributed by atoms with Crippen molar-refractivity contribution in [3.8, 4) is 11.1 Å². The number of hydrogen-bond acceptors (Lipinski definition) is 5. The summed E-state index contributed by atoms with van der Waals surface area (Å²) in [7, 11) is 5.22. The van der Waals surface area contributed by atoms with Gasteiger partial charge in [0.15, 0.2) is 5.82 Å². The lowest BCUT2D eigenvalue weighted by molar-refractivity contribution is 0.0534. The standard InChI is InChI=1S/C30H39F2N7O2/c1-33-30(40)37-12-10-26-25(18-37)29(35-39(26)16-19-6-8-22(41-3)9-7-19)38-11-4-5-20-13-23(21-15-34-36(2)17-21)24(28(31)32)14-27(20)38/h13-15,17,19,22,28H,4-12,16,18H2,1-3H3,(H,33,40). The number of hydrogen-bond donors (Lipinski definition) is 1. The minimum absolute atomic E-state index is 0.00107. The Morgan fingerprint density at radius 1 is 1.17 bits per heavy atom. The fourth-order valence-corrected chi connectivity index (χ4v) is 6.83. The molecule has 2 aromatic heterocycles. The molecule has 0 unspecified atom stereocenters. The number of methoxy groups -OCH3 is 1. The third kappa shape index (κ3) is 5.31. The molecule has 41 heavy (non-hydrogen) atoms. The predicted octanol–water partition coefficient (Wildman–Crippen LogP) is 5.21. The zero-order chi connectivity index (χ0) is 28.7. The Morgan fingerprint density at radius 2 is 1.98 bits per heavy atom. The van der Waals surface area contributed by atoms with E-state index < -0.39 is 6.43 Å². The van der Waals surface area contributed by atoms with Crippen LogP contribution in [0, 0.1) is 5.92 Å². The van der Waals surface area contributed by atoms with Crippen molar-refractivity contribution < 1.29 is 18.3 Å². The van der Waals surface area contributed by atoms with Gasteiger partial charge in [-0.15, -0.1) is 0 Å². The maximum Gasteiger partial charge on any atom is 0.317 e. The number of amides is 2.